The highest BCUT2D eigenvalue weighted by molar-refractivity contribution is 6.29. The summed E-state index contributed by atoms with van der Waals surface area (Å²) in [5, 5.41) is 11.0. The lowest BCUT2D eigenvalue weighted by Crippen LogP contribution is -2.51. The second-order valence-electron chi connectivity index (χ2n) is 6.89. The van der Waals surface area contributed by atoms with Crippen LogP contribution in [0.5, 0.6) is 0 Å². The molecule has 5 heteroatoms. The van der Waals surface area contributed by atoms with Crippen molar-refractivity contribution in [2.45, 2.75) is 38.5 Å². The average Bonchev–Trinajstić information content (AvgIpc) is 2.40. The highest BCUT2D eigenvalue weighted by Crippen LogP contribution is 2.60. The Balaban J connectivity index is 1.54. The summed E-state index contributed by atoms with van der Waals surface area (Å²) < 4.78 is 0. The topological polar surface area (TPSA) is 54.9 Å². The van der Waals surface area contributed by atoms with Gasteiger partial charge in [0.15, 0.2) is 11.0 Å². The lowest BCUT2D eigenvalue weighted by Gasteiger charge is -2.55. The van der Waals surface area contributed by atoms with Crippen molar-refractivity contribution >= 4 is 23.3 Å². The van der Waals surface area contributed by atoms with Crippen molar-refractivity contribution in [2.24, 2.45) is 23.2 Å². The van der Waals surface area contributed by atoms with Crippen molar-refractivity contribution in [2.75, 3.05) is 5.32 Å². The minimum atomic E-state index is -0.143. The fourth-order valence-corrected chi connectivity index (χ4v) is 5.12. The lowest BCUT2D eigenvalue weighted by atomic mass is 9.49. The summed E-state index contributed by atoms with van der Waals surface area (Å²) in [6, 6.07) is 3.37. The van der Waals surface area contributed by atoms with Crippen LogP contribution >= 0.6 is 11.6 Å². The average molecular weight is 292 g/mol. The Hall–Kier alpha value is -1.16. The predicted octanol–water partition coefficient (Wildman–Crippen LogP) is 3.28. The van der Waals surface area contributed by atoms with E-state index in [2.05, 4.69) is 15.5 Å². The largest absolute Gasteiger partial charge is 0.309 e. The third-order valence-corrected chi connectivity index (χ3v) is 5.60. The molecule has 4 fully saturated rings. The number of nitrogens with one attached hydrogen (secondary N) is 1. The Morgan fingerprint density at radius 2 is 1.70 bits per heavy atom. The molecule has 0 atom stereocenters. The van der Waals surface area contributed by atoms with E-state index in [1.54, 1.807) is 12.1 Å². The maximum absolute atomic E-state index is 12.7. The van der Waals surface area contributed by atoms with E-state index in [9.17, 15) is 4.79 Å². The Morgan fingerprint density at radius 1 is 1.10 bits per heavy atom. The maximum atomic E-state index is 12.7. The van der Waals surface area contributed by atoms with Crippen LogP contribution in [0.4, 0.5) is 5.82 Å². The SMILES string of the molecule is O=C(Nc1ccc(Cl)nn1)C12CC3CC(CC(C3)C1)C2. The highest BCUT2D eigenvalue weighted by Gasteiger charge is 2.54. The molecule has 0 unspecified atom stereocenters. The first-order valence-corrected chi connectivity index (χ1v) is 7.81. The van der Waals surface area contributed by atoms with E-state index in [0.717, 1.165) is 37.0 Å². The Kier molecular flexibility index (Phi) is 2.78. The molecule has 4 bridgehead atoms. The molecule has 0 aromatic carbocycles. The molecule has 4 saturated carbocycles. The summed E-state index contributed by atoms with van der Waals surface area (Å²) in [5.74, 6) is 2.96. The molecule has 4 nitrogen and oxygen atoms in total. The molecule has 0 spiro atoms. The van der Waals surface area contributed by atoms with E-state index in [0.29, 0.717) is 11.0 Å². The van der Waals surface area contributed by atoms with Crippen LogP contribution in [0.1, 0.15) is 38.5 Å². The maximum Gasteiger partial charge on any atom is 0.231 e. The van der Waals surface area contributed by atoms with E-state index < -0.39 is 0 Å². The van der Waals surface area contributed by atoms with Gasteiger partial charge in [-0.2, -0.15) is 0 Å². The second-order valence-corrected chi connectivity index (χ2v) is 7.28. The molecule has 5 rings (SSSR count). The van der Waals surface area contributed by atoms with E-state index in [1.807, 2.05) is 0 Å². The third-order valence-electron chi connectivity index (χ3n) is 5.39. The number of hydrogen-bond donors (Lipinski definition) is 1. The van der Waals surface area contributed by atoms with Gasteiger partial charge < -0.3 is 5.32 Å². The molecule has 0 saturated heterocycles. The van der Waals surface area contributed by atoms with Gasteiger partial charge in [0.2, 0.25) is 5.91 Å². The second kappa shape index (κ2) is 4.42. The van der Waals surface area contributed by atoms with Gasteiger partial charge in [-0.15, -0.1) is 10.2 Å². The van der Waals surface area contributed by atoms with E-state index in [1.165, 1.54) is 19.3 Å². The summed E-state index contributed by atoms with van der Waals surface area (Å²) in [6.07, 6.45) is 7.21. The minimum Gasteiger partial charge on any atom is -0.309 e. The molecule has 4 aliphatic carbocycles. The normalized spacial score (nSPS) is 38.0. The van der Waals surface area contributed by atoms with Crippen LogP contribution in [0.3, 0.4) is 0 Å². The summed E-state index contributed by atoms with van der Waals surface area (Å²) in [4.78, 5) is 12.7. The number of rotatable bonds is 2. The molecule has 1 aromatic rings. The van der Waals surface area contributed by atoms with Gasteiger partial charge in [0, 0.05) is 0 Å². The number of hydrogen-bond acceptors (Lipinski definition) is 3. The molecule has 1 aromatic heterocycles. The smallest absolute Gasteiger partial charge is 0.231 e. The van der Waals surface area contributed by atoms with Gasteiger partial charge >= 0.3 is 0 Å². The quantitative estimate of drug-likeness (QED) is 0.910. The fraction of sp³-hybridized carbons (Fsp3) is 0.667. The lowest BCUT2D eigenvalue weighted by molar-refractivity contribution is -0.140. The molecular weight excluding hydrogens is 274 g/mol. The van der Waals surface area contributed by atoms with Crippen molar-refractivity contribution in [1.29, 1.82) is 0 Å². The van der Waals surface area contributed by atoms with Crippen LogP contribution in [0.15, 0.2) is 12.1 Å². The molecule has 106 valence electrons. The van der Waals surface area contributed by atoms with Gasteiger partial charge in [0.05, 0.1) is 5.41 Å². The zero-order valence-corrected chi connectivity index (χ0v) is 12.1. The molecule has 1 amide bonds. The predicted molar refractivity (Wildman–Crippen MR) is 76.3 cm³/mol. The van der Waals surface area contributed by atoms with Crippen LogP contribution < -0.4 is 5.32 Å². The van der Waals surface area contributed by atoms with Crippen molar-refractivity contribution < 1.29 is 4.79 Å². The Bertz CT molecular complexity index is 507. The van der Waals surface area contributed by atoms with Gasteiger partial charge in [-0.05, 0) is 68.4 Å². The summed E-state index contributed by atoms with van der Waals surface area (Å²) in [7, 11) is 0. The van der Waals surface area contributed by atoms with Gasteiger partial charge in [-0.25, -0.2) is 0 Å². The molecule has 1 N–H and O–H groups in total. The fourth-order valence-electron chi connectivity index (χ4n) is 5.02. The van der Waals surface area contributed by atoms with Crippen molar-refractivity contribution in [1.82, 2.24) is 10.2 Å². The summed E-state index contributed by atoms with van der Waals surface area (Å²) >= 11 is 5.72. The number of amides is 1. The summed E-state index contributed by atoms with van der Waals surface area (Å²) in [5.41, 5.74) is -0.143. The Labute approximate surface area is 123 Å². The molecule has 4 aliphatic rings. The molecule has 0 aliphatic heterocycles. The van der Waals surface area contributed by atoms with Gasteiger partial charge in [-0.3, -0.25) is 4.79 Å². The number of aromatic nitrogens is 2. The van der Waals surface area contributed by atoms with Crippen molar-refractivity contribution in [3.8, 4) is 0 Å². The zero-order valence-electron chi connectivity index (χ0n) is 11.3. The van der Waals surface area contributed by atoms with Crippen molar-refractivity contribution in [3.05, 3.63) is 17.3 Å². The molecular formula is C15H18ClN3O. The van der Waals surface area contributed by atoms with Crippen molar-refractivity contribution in [3.63, 3.8) is 0 Å². The number of anilines is 1. The minimum absolute atomic E-state index is 0.143. The number of carbonyl (C=O) groups excluding carboxylic acids is 1. The first-order chi connectivity index (χ1) is 9.63. The van der Waals surface area contributed by atoms with Gasteiger partial charge in [0.1, 0.15) is 0 Å². The molecule has 0 radical (unpaired) electrons. The Morgan fingerprint density at radius 3 is 2.20 bits per heavy atom. The van der Waals surface area contributed by atoms with Crippen LogP contribution in [-0.4, -0.2) is 16.1 Å². The summed E-state index contributed by atoms with van der Waals surface area (Å²) in [6.45, 7) is 0. The molecule has 1 heterocycles. The monoisotopic (exact) mass is 291 g/mol. The van der Waals surface area contributed by atoms with Crippen LogP contribution in [-0.2, 0) is 4.79 Å². The van der Waals surface area contributed by atoms with Crippen LogP contribution in [0.2, 0.25) is 5.15 Å². The number of carbonyl (C=O) groups is 1. The molecule has 20 heavy (non-hydrogen) atoms. The van der Waals surface area contributed by atoms with E-state index in [4.69, 9.17) is 11.6 Å². The van der Waals surface area contributed by atoms with Gasteiger partial charge in [-0.1, -0.05) is 11.6 Å². The standard InChI is InChI=1S/C15H18ClN3O/c16-12-1-2-13(19-18-12)17-14(20)15-6-9-3-10(7-15)5-11(4-9)8-15/h1-2,9-11H,3-8H2,(H,17,19,20). The van der Waals surface area contributed by atoms with E-state index >= 15 is 0 Å². The van der Waals surface area contributed by atoms with Crippen LogP contribution in [0, 0.1) is 23.2 Å². The number of halogens is 1. The first kappa shape index (κ1) is 12.6. The number of nitrogens with zero attached hydrogens (tertiary/aromatic N) is 2. The van der Waals surface area contributed by atoms with Gasteiger partial charge in [0.25, 0.3) is 0 Å². The zero-order chi connectivity index (χ0) is 13.7. The van der Waals surface area contributed by atoms with Crippen LogP contribution in [0.25, 0.3) is 0 Å². The van der Waals surface area contributed by atoms with E-state index in [-0.39, 0.29) is 11.3 Å². The third kappa shape index (κ3) is 2.01. The first-order valence-electron chi connectivity index (χ1n) is 7.44. The highest BCUT2D eigenvalue weighted by atomic mass is 35.5.